The number of hydrogen-bond donors (Lipinski definition) is 1. The minimum Gasteiger partial charge on any atom is -0.493 e. The summed E-state index contributed by atoms with van der Waals surface area (Å²) in [6.45, 7) is 4.46. The highest BCUT2D eigenvalue weighted by molar-refractivity contribution is 8.00. The number of carbonyl (C=O) groups excluding carboxylic acids is 1. The van der Waals surface area contributed by atoms with Gasteiger partial charge in [0.1, 0.15) is 5.82 Å². The third-order valence-electron chi connectivity index (χ3n) is 4.87. The van der Waals surface area contributed by atoms with Gasteiger partial charge in [-0.3, -0.25) is 4.79 Å². The second kappa shape index (κ2) is 8.62. The number of benzene rings is 2. The molecule has 156 valence electrons. The Hall–Kier alpha value is -2.64. The Morgan fingerprint density at radius 1 is 1.23 bits per heavy atom. The number of carbonyl (C=O) groups is 1. The van der Waals surface area contributed by atoms with Crippen LogP contribution in [0, 0.1) is 6.92 Å². The van der Waals surface area contributed by atoms with Crippen molar-refractivity contribution in [2.24, 2.45) is 0 Å². The molecule has 1 aliphatic rings. The zero-order valence-electron chi connectivity index (χ0n) is 16.9. The minimum absolute atomic E-state index is 0.0586. The van der Waals surface area contributed by atoms with E-state index in [1.54, 1.807) is 23.6 Å². The van der Waals surface area contributed by atoms with Crippen molar-refractivity contribution in [3.63, 3.8) is 0 Å². The lowest BCUT2D eigenvalue weighted by Gasteiger charge is -2.18. The highest BCUT2D eigenvalue weighted by Gasteiger charge is 2.31. The lowest BCUT2D eigenvalue weighted by atomic mass is 10.0. The summed E-state index contributed by atoms with van der Waals surface area (Å²) in [6, 6.07) is 13.3. The van der Waals surface area contributed by atoms with Crippen LogP contribution in [-0.2, 0) is 4.79 Å². The van der Waals surface area contributed by atoms with Gasteiger partial charge in [-0.2, -0.15) is 5.10 Å². The number of aryl methyl sites for hydroxylation is 1. The van der Waals surface area contributed by atoms with Crippen LogP contribution in [0.5, 0.6) is 11.5 Å². The van der Waals surface area contributed by atoms with Crippen molar-refractivity contribution in [3.05, 3.63) is 64.3 Å². The number of halogens is 1. The topological polar surface area (TPSA) is 65.4 Å². The number of fused-ring (bicyclic) bond motifs is 1. The maximum Gasteiger partial charge on any atom is 0.235 e. The van der Waals surface area contributed by atoms with Gasteiger partial charge in [0.25, 0.3) is 0 Å². The summed E-state index contributed by atoms with van der Waals surface area (Å²) in [7, 11) is 1.63. The second-order valence-corrected chi connectivity index (χ2v) is 8.35. The molecule has 8 heteroatoms. The molecule has 0 aliphatic carbocycles. The van der Waals surface area contributed by atoms with Gasteiger partial charge in [0.15, 0.2) is 11.5 Å². The minimum atomic E-state index is -0.0791. The molecule has 0 saturated heterocycles. The number of thioether (sulfide) groups is 1. The summed E-state index contributed by atoms with van der Waals surface area (Å²) in [5.74, 6) is 2.34. The highest BCUT2D eigenvalue weighted by atomic mass is 35.5. The molecule has 4 rings (SSSR count). The van der Waals surface area contributed by atoms with E-state index >= 15 is 0 Å². The first-order valence-corrected chi connectivity index (χ1v) is 11.0. The van der Waals surface area contributed by atoms with Crippen molar-refractivity contribution in [2.45, 2.75) is 19.1 Å². The van der Waals surface area contributed by atoms with Gasteiger partial charge < -0.3 is 14.8 Å². The smallest absolute Gasteiger partial charge is 0.235 e. The van der Waals surface area contributed by atoms with Crippen LogP contribution in [0.4, 0.5) is 5.82 Å². The van der Waals surface area contributed by atoms with Crippen molar-refractivity contribution in [2.75, 3.05) is 24.8 Å². The summed E-state index contributed by atoms with van der Waals surface area (Å²) in [5.41, 5.74) is 3.69. The van der Waals surface area contributed by atoms with E-state index in [0.717, 1.165) is 22.5 Å². The standard InChI is InChI=1S/C22H22ClN3O3S/c1-4-29-17-10-5-14(11-18(17)28-3)21-20-13(2)25-26(16-8-6-15(23)7-9-16)22(20)24-19(27)12-30-21/h5-11,21H,4,12H2,1-3H3,(H,24,27). The number of aromatic nitrogens is 2. The maximum absolute atomic E-state index is 12.5. The number of nitrogens with one attached hydrogen (secondary N) is 1. The third-order valence-corrected chi connectivity index (χ3v) is 6.39. The predicted molar refractivity (Wildman–Crippen MR) is 120 cm³/mol. The molecule has 1 amide bonds. The van der Waals surface area contributed by atoms with Gasteiger partial charge in [0.2, 0.25) is 5.91 Å². The molecule has 3 aromatic rings. The van der Waals surface area contributed by atoms with Crippen LogP contribution in [0.15, 0.2) is 42.5 Å². The van der Waals surface area contributed by atoms with Crippen molar-refractivity contribution >= 4 is 35.1 Å². The zero-order chi connectivity index (χ0) is 21.3. The van der Waals surface area contributed by atoms with Crippen molar-refractivity contribution in [3.8, 4) is 17.2 Å². The van der Waals surface area contributed by atoms with Gasteiger partial charge >= 0.3 is 0 Å². The molecule has 6 nitrogen and oxygen atoms in total. The van der Waals surface area contributed by atoms with Gasteiger partial charge in [-0.25, -0.2) is 4.68 Å². The fraction of sp³-hybridized carbons (Fsp3) is 0.273. The average molecular weight is 444 g/mol. The Balaban J connectivity index is 1.83. The first-order chi connectivity index (χ1) is 14.5. The fourth-order valence-corrected chi connectivity index (χ4v) is 4.84. The van der Waals surface area contributed by atoms with E-state index < -0.39 is 0 Å². The number of amides is 1. The van der Waals surface area contributed by atoms with E-state index in [-0.39, 0.29) is 11.2 Å². The maximum atomic E-state index is 12.5. The van der Waals surface area contributed by atoms with E-state index in [2.05, 4.69) is 5.32 Å². The molecule has 0 bridgehead atoms. The van der Waals surface area contributed by atoms with Crippen molar-refractivity contribution in [1.29, 1.82) is 0 Å². The van der Waals surface area contributed by atoms with Crippen LogP contribution in [-0.4, -0.2) is 35.2 Å². The number of nitrogens with zero attached hydrogens (tertiary/aromatic N) is 2. The Labute approximate surface area is 184 Å². The lowest BCUT2D eigenvalue weighted by molar-refractivity contribution is -0.113. The van der Waals surface area contributed by atoms with Crippen LogP contribution in [0.3, 0.4) is 0 Å². The predicted octanol–water partition coefficient (Wildman–Crippen LogP) is 5.02. The van der Waals surface area contributed by atoms with Gasteiger partial charge in [-0.1, -0.05) is 17.7 Å². The molecule has 1 unspecified atom stereocenters. The second-order valence-electron chi connectivity index (χ2n) is 6.82. The molecule has 1 atom stereocenters. The van der Waals surface area contributed by atoms with Gasteiger partial charge in [-0.15, -0.1) is 11.8 Å². The number of anilines is 1. The molecular weight excluding hydrogens is 422 g/mol. The first-order valence-electron chi connectivity index (χ1n) is 9.59. The molecule has 1 aliphatic heterocycles. The van der Waals surface area contributed by atoms with E-state index in [9.17, 15) is 4.79 Å². The Kier molecular flexibility index (Phi) is 5.92. The Bertz CT molecular complexity index is 1080. The normalized spacial score (nSPS) is 15.9. The third kappa shape index (κ3) is 3.87. The fourth-order valence-electron chi connectivity index (χ4n) is 3.54. The van der Waals surface area contributed by atoms with Crippen molar-refractivity contribution < 1.29 is 14.3 Å². The van der Waals surface area contributed by atoms with Crippen molar-refractivity contribution in [1.82, 2.24) is 9.78 Å². The average Bonchev–Trinajstić information content (AvgIpc) is 2.94. The van der Waals surface area contributed by atoms with Gasteiger partial charge in [0, 0.05) is 10.6 Å². The lowest BCUT2D eigenvalue weighted by Crippen LogP contribution is -2.15. The molecular formula is C22H22ClN3O3S. The van der Waals surface area contributed by atoms with Gasteiger partial charge in [0.05, 0.1) is 36.1 Å². The number of ether oxygens (including phenoxy) is 2. The van der Waals surface area contributed by atoms with Crippen LogP contribution in [0.25, 0.3) is 5.69 Å². The first kappa shape index (κ1) is 20.6. The SMILES string of the molecule is CCOc1ccc(C2SCC(=O)Nc3c2c(C)nn3-c2ccc(Cl)cc2)cc1OC. The summed E-state index contributed by atoms with van der Waals surface area (Å²) >= 11 is 7.61. The summed E-state index contributed by atoms with van der Waals surface area (Å²) in [6.07, 6.45) is 0. The number of rotatable bonds is 5. The zero-order valence-corrected chi connectivity index (χ0v) is 18.5. The molecule has 0 radical (unpaired) electrons. The van der Waals surface area contributed by atoms with E-state index in [0.29, 0.717) is 34.7 Å². The van der Waals surface area contributed by atoms with Crippen LogP contribution in [0.2, 0.25) is 5.02 Å². The highest BCUT2D eigenvalue weighted by Crippen LogP contribution is 2.45. The molecule has 1 N–H and O–H groups in total. The molecule has 1 aromatic heterocycles. The summed E-state index contributed by atoms with van der Waals surface area (Å²) in [5, 5.41) is 8.33. The number of methoxy groups -OCH3 is 1. The van der Waals surface area contributed by atoms with E-state index in [1.807, 2.05) is 56.3 Å². The van der Waals surface area contributed by atoms with E-state index in [4.69, 9.17) is 26.2 Å². The Morgan fingerprint density at radius 3 is 2.70 bits per heavy atom. The molecule has 2 heterocycles. The Morgan fingerprint density at radius 2 is 2.00 bits per heavy atom. The molecule has 0 fully saturated rings. The molecule has 2 aromatic carbocycles. The molecule has 0 spiro atoms. The summed E-state index contributed by atoms with van der Waals surface area (Å²) < 4.78 is 13.0. The molecule has 30 heavy (non-hydrogen) atoms. The van der Waals surface area contributed by atoms with Crippen LogP contribution < -0.4 is 14.8 Å². The quantitative estimate of drug-likeness (QED) is 0.600. The monoisotopic (exact) mass is 443 g/mol. The van der Waals surface area contributed by atoms with E-state index in [1.165, 1.54) is 0 Å². The summed E-state index contributed by atoms with van der Waals surface area (Å²) in [4.78, 5) is 12.5. The van der Waals surface area contributed by atoms with Gasteiger partial charge in [-0.05, 0) is 55.8 Å². The largest absolute Gasteiger partial charge is 0.493 e. The number of hydrogen-bond acceptors (Lipinski definition) is 5. The molecule has 0 saturated carbocycles. The van der Waals surface area contributed by atoms with Crippen LogP contribution >= 0.6 is 23.4 Å². The van der Waals surface area contributed by atoms with Crippen LogP contribution in [0.1, 0.15) is 29.0 Å².